The van der Waals surface area contributed by atoms with Gasteiger partial charge in [-0.1, -0.05) is 53.1 Å². The topological polar surface area (TPSA) is 26.5 Å². The Morgan fingerprint density at radius 3 is 2.14 bits per heavy atom. The van der Waals surface area contributed by atoms with E-state index in [1.165, 1.54) is 5.69 Å². The van der Waals surface area contributed by atoms with Crippen LogP contribution in [0.25, 0.3) is 5.65 Å². The van der Waals surface area contributed by atoms with Gasteiger partial charge in [0, 0.05) is 23.1 Å². The van der Waals surface area contributed by atoms with E-state index in [1.807, 2.05) is 26.1 Å². The molecule has 0 fully saturated rings. The van der Waals surface area contributed by atoms with Gasteiger partial charge in [0.25, 0.3) is 0 Å². The van der Waals surface area contributed by atoms with E-state index in [2.05, 4.69) is 45.9 Å². The fourth-order valence-corrected chi connectivity index (χ4v) is 2.83. The molecule has 0 bridgehead atoms. The molecule has 0 unspecified atom stereocenters. The maximum Gasteiger partial charge on any atom is 0.143 e. The molecule has 0 N–H and O–H groups in total. The van der Waals surface area contributed by atoms with Crippen LogP contribution in [-0.4, -0.2) is 15.5 Å². The second-order valence-electron chi connectivity index (χ2n) is 8.19. The molecule has 0 aliphatic rings. The summed E-state index contributed by atoms with van der Waals surface area (Å²) in [4.78, 5) is 4.88. The Kier molecular flexibility index (Phi) is 4.25. The highest BCUT2D eigenvalue weighted by Crippen LogP contribution is 2.36. The fraction of sp³-hybridized carbons (Fsp3) is 0.611. The fourth-order valence-electron chi connectivity index (χ4n) is 2.63. The maximum absolute atomic E-state index is 6.42. The van der Waals surface area contributed by atoms with Gasteiger partial charge in [0.05, 0.1) is 22.5 Å². The Morgan fingerprint density at radius 1 is 1.09 bits per heavy atom. The zero-order chi connectivity index (χ0) is 16.9. The van der Waals surface area contributed by atoms with E-state index in [0.29, 0.717) is 10.8 Å². The van der Waals surface area contributed by atoms with Crippen molar-refractivity contribution in [2.75, 3.05) is 0 Å². The molecule has 0 aromatic carbocycles. The van der Waals surface area contributed by atoms with E-state index in [9.17, 15) is 0 Å². The molecular weight excluding hydrogens is 296 g/mol. The summed E-state index contributed by atoms with van der Waals surface area (Å²) in [7, 11) is 0. The molecule has 2 aromatic heterocycles. The molecule has 3 nitrogen and oxygen atoms in total. The molecule has 0 saturated heterocycles. The predicted octanol–water partition coefficient (Wildman–Crippen LogP) is 5.37. The van der Waals surface area contributed by atoms with Gasteiger partial charge in [0.2, 0.25) is 0 Å². The van der Waals surface area contributed by atoms with E-state index in [-0.39, 0.29) is 16.9 Å². The standard InChI is InChI=1S/C18H27ClN2O/c1-11(2)22-13-9-14-20-15(17(3,4)5)16(18(6,7)8)21(14)10-12(13)19/h9-11H,1-8H3. The van der Waals surface area contributed by atoms with Gasteiger partial charge in [0.15, 0.2) is 0 Å². The molecule has 0 radical (unpaired) electrons. The zero-order valence-corrected chi connectivity index (χ0v) is 15.7. The quantitative estimate of drug-likeness (QED) is 0.743. The third-order valence-electron chi connectivity index (χ3n) is 3.46. The first-order valence-corrected chi connectivity index (χ1v) is 8.18. The lowest BCUT2D eigenvalue weighted by molar-refractivity contribution is 0.242. The molecule has 0 saturated carbocycles. The summed E-state index contributed by atoms with van der Waals surface area (Å²) in [5, 5.41) is 0.615. The Hall–Kier alpha value is -1.22. The monoisotopic (exact) mass is 322 g/mol. The number of pyridine rings is 1. The van der Waals surface area contributed by atoms with E-state index in [4.69, 9.17) is 21.3 Å². The molecule has 122 valence electrons. The van der Waals surface area contributed by atoms with Crippen LogP contribution in [-0.2, 0) is 10.8 Å². The number of fused-ring (bicyclic) bond motifs is 1. The molecule has 2 heterocycles. The number of nitrogens with zero attached hydrogens (tertiary/aromatic N) is 2. The number of rotatable bonds is 2. The van der Waals surface area contributed by atoms with Crippen LogP contribution in [0.5, 0.6) is 5.75 Å². The first-order valence-electron chi connectivity index (χ1n) is 7.80. The van der Waals surface area contributed by atoms with Crippen molar-refractivity contribution in [1.29, 1.82) is 0 Å². The Morgan fingerprint density at radius 2 is 1.68 bits per heavy atom. The highest BCUT2D eigenvalue weighted by atomic mass is 35.5. The van der Waals surface area contributed by atoms with Gasteiger partial charge in [-0.15, -0.1) is 0 Å². The van der Waals surface area contributed by atoms with Crippen LogP contribution in [0.4, 0.5) is 0 Å². The molecule has 2 aromatic rings. The average molecular weight is 323 g/mol. The van der Waals surface area contributed by atoms with Gasteiger partial charge >= 0.3 is 0 Å². The van der Waals surface area contributed by atoms with Crippen molar-refractivity contribution in [2.24, 2.45) is 0 Å². The average Bonchev–Trinajstić information content (AvgIpc) is 2.66. The van der Waals surface area contributed by atoms with Gasteiger partial charge in [-0.3, -0.25) is 0 Å². The number of imidazole rings is 1. The van der Waals surface area contributed by atoms with Crippen LogP contribution < -0.4 is 4.74 Å². The summed E-state index contributed by atoms with van der Waals surface area (Å²) < 4.78 is 7.90. The van der Waals surface area contributed by atoms with E-state index in [0.717, 1.165) is 11.3 Å². The summed E-state index contributed by atoms with van der Waals surface area (Å²) in [6.45, 7) is 17.2. The van der Waals surface area contributed by atoms with Gasteiger partial charge in [-0.05, 0) is 13.8 Å². The van der Waals surface area contributed by atoms with Gasteiger partial charge in [0.1, 0.15) is 11.4 Å². The normalized spacial score (nSPS) is 13.2. The van der Waals surface area contributed by atoms with E-state index >= 15 is 0 Å². The summed E-state index contributed by atoms with van der Waals surface area (Å²) in [5.74, 6) is 0.690. The smallest absolute Gasteiger partial charge is 0.143 e. The van der Waals surface area contributed by atoms with Gasteiger partial charge in [-0.25, -0.2) is 4.98 Å². The molecule has 0 atom stereocenters. The van der Waals surface area contributed by atoms with Crippen LogP contribution in [0.1, 0.15) is 66.8 Å². The minimum atomic E-state index is -0.0276. The summed E-state index contributed by atoms with van der Waals surface area (Å²) in [6, 6.07) is 1.94. The first-order chi connectivity index (χ1) is 9.91. The van der Waals surface area contributed by atoms with Crippen molar-refractivity contribution in [3.8, 4) is 5.75 Å². The van der Waals surface area contributed by atoms with Crippen molar-refractivity contribution in [2.45, 2.75) is 72.3 Å². The maximum atomic E-state index is 6.42. The summed E-state index contributed by atoms with van der Waals surface area (Å²) >= 11 is 6.42. The largest absolute Gasteiger partial charge is 0.489 e. The zero-order valence-electron chi connectivity index (χ0n) is 14.9. The van der Waals surface area contributed by atoms with Crippen molar-refractivity contribution in [3.63, 3.8) is 0 Å². The van der Waals surface area contributed by atoms with Crippen LogP contribution in [0.2, 0.25) is 5.02 Å². The van der Waals surface area contributed by atoms with Crippen LogP contribution in [0.3, 0.4) is 0 Å². The number of hydrogen-bond donors (Lipinski definition) is 0. The number of ether oxygens (including phenoxy) is 1. The minimum Gasteiger partial charge on any atom is -0.489 e. The minimum absolute atomic E-state index is 0.0220. The lowest BCUT2D eigenvalue weighted by Crippen LogP contribution is -2.23. The van der Waals surface area contributed by atoms with E-state index in [1.54, 1.807) is 0 Å². The van der Waals surface area contributed by atoms with Crippen molar-refractivity contribution in [1.82, 2.24) is 9.38 Å². The lowest BCUT2D eigenvalue weighted by atomic mass is 9.82. The second-order valence-corrected chi connectivity index (χ2v) is 8.60. The third kappa shape index (κ3) is 3.24. The van der Waals surface area contributed by atoms with Crippen LogP contribution in [0.15, 0.2) is 12.3 Å². The number of hydrogen-bond acceptors (Lipinski definition) is 2. The molecule has 0 aliphatic carbocycles. The number of halogens is 1. The SMILES string of the molecule is CC(C)Oc1cc2nc(C(C)(C)C)c(C(C)(C)C)n2cc1Cl. The van der Waals surface area contributed by atoms with Crippen LogP contribution in [0, 0.1) is 0 Å². The molecule has 0 spiro atoms. The Balaban J connectivity index is 2.77. The van der Waals surface area contributed by atoms with Gasteiger partial charge in [-0.2, -0.15) is 0 Å². The highest BCUT2D eigenvalue weighted by molar-refractivity contribution is 6.32. The molecule has 2 rings (SSSR count). The summed E-state index contributed by atoms with van der Waals surface area (Å²) in [6.07, 6.45) is 2.01. The molecule has 4 heteroatoms. The lowest BCUT2D eigenvalue weighted by Gasteiger charge is -2.26. The Bertz CT molecular complexity index is 688. The van der Waals surface area contributed by atoms with E-state index < -0.39 is 0 Å². The van der Waals surface area contributed by atoms with Crippen molar-refractivity contribution < 1.29 is 4.74 Å². The number of aromatic nitrogens is 2. The summed E-state index contributed by atoms with van der Waals surface area (Å²) in [5.41, 5.74) is 3.15. The van der Waals surface area contributed by atoms with Crippen LogP contribution >= 0.6 is 11.6 Å². The molecule has 0 amide bonds. The van der Waals surface area contributed by atoms with Crippen molar-refractivity contribution in [3.05, 3.63) is 28.7 Å². The van der Waals surface area contributed by atoms with Gasteiger partial charge < -0.3 is 9.14 Å². The second kappa shape index (κ2) is 5.45. The molecular formula is C18H27ClN2O. The predicted molar refractivity (Wildman–Crippen MR) is 93.4 cm³/mol. The Labute approximate surface area is 138 Å². The first kappa shape index (κ1) is 17.1. The third-order valence-corrected chi connectivity index (χ3v) is 3.74. The molecule has 22 heavy (non-hydrogen) atoms. The highest BCUT2D eigenvalue weighted by Gasteiger charge is 2.31. The molecule has 0 aliphatic heterocycles. The van der Waals surface area contributed by atoms with Crippen molar-refractivity contribution >= 4 is 17.2 Å².